The Labute approximate surface area is 127 Å². The van der Waals surface area contributed by atoms with Crippen LogP contribution in [0.1, 0.15) is 16.7 Å². The van der Waals surface area contributed by atoms with Crippen LogP contribution in [0, 0.1) is 18.3 Å². The number of halogens is 1. The summed E-state index contributed by atoms with van der Waals surface area (Å²) in [5.74, 6) is 0.799. The van der Waals surface area contributed by atoms with Crippen molar-refractivity contribution in [3.8, 4) is 11.8 Å². The largest absolute Gasteiger partial charge is 0.495 e. The number of rotatable bonds is 4. The molecule has 4 heteroatoms. The van der Waals surface area contributed by atoms with E-state index in [4.69, 9.17) is 10.00 Å². The summed E-state index contributed by atoms with van der Waals surface area (Å²) < 4.78 is 6.39. The third kappa shape index (κ3) is 3.31. The summed E-state index contributed by atoms with van der Waals surface area (Å²) in [6, 6.07) is 13.7. The smallest absolute Gasteiger partial charge is 0.143 e. The number of anilines is 1. The molecule has 0 aliphatic carbocycles. The summed E-state index contributed by atoms with van der Waals surface area (Å²) in [6.07, 6.45) is 0. The molecule has 0 amide bonds. The Morgan fingerprint density at radius 3 is 2.80 bits per heavy atom. The second-order valence-electron chi connectivity index (χ2n) is 4.47. The van der Waals surface area contributed by atoms with Gasteiger partial charge in [-0.2, -0.15) is 5.26 Å². The maximum atomic E-state index is 8.91. The molecule has 0 spiro atoms. The highest BCUT2D eigenvalue weighted by molar-refractivity contribution is 9.10. The number of aryl methyl sites for hydroxylation is 1. The zero-order valence-electron chi connectivity index (χ0n) is 11.4. The highest BCUT2D eigenvalue weighted by atomic mass is 79.9. The fourth-order valence-electron chi connectivity index (χ4n) is 2.04. The molecule has 2 rings (SSSR count). The first-order valence-corrected chi connectivity index (χ1v) is 7.00. The van der Waals surface area contributed by atoms with Crippen molar-refractivity contribution in [3.05, 3.63) is 57.6 Å². The van der Waals surface area contributed by atoms with Crippen LogP contribution >= 0.6 is 15.9 Å². The zero-order chi connectivity index (χ0) is 14.5. The third-order valence-electron chi connectivity index (χ3n) is 3.01. The standard InChI is InChI=1S/C16H15BrN2O/c1-11-6-14(17)8-15(20-2)16(11)19-10-13-5-3-4-12(7-13)9-18/h3-8,19H,10H2,1-2H3. The SMILES string of the molecule is COc1cc(Br)cc(C)c1NCc1cccc(C#N)c1. The topological polar surface area (TPSA) is 45.0 Å². The molecule has 0 atom stereocenters. The molecule has 0 aromatic heterocycles. The fourth-order valence-corrected chi connectivity index (χ4v) is 2.59. The molecule has 0 unspecified atom stereocenters. The van der Waals surface area contributed by atoms with Gasteiger partial charge >= 0.3 is 0 Å². The van der Waals surface area contributed by atoms with Gasteiger partial charge in [-0.05, 0) is 42.3 Å². The first-order valence-electron chi connectivity index (χ1n) is 6.21. The molecule has 0 fully saturated rings. The first-order chi connectivity index (χ1) is 9.63. The maximum Gasteiger partial charge on any atom is 0.143 e. The van der Waals surface area contributed by atoms with Crippen LogP contribution in [0.3, 0.4) is 0 Å². The normalized spacial score (nSPS) is 9.90. The molecule has 2 aromatic rings. The van der Waals surface area contributed by atoms with Crippen molar-refractivity contribution in [2.45, 2.75) is 13.5 Å². The molecular weight excluding hydrogens is 316 g/mol. The highest BCUT2D eigenvalue weighted by Gasteiger charge is 2.08. The number of ether oxygens (including phenoxy) is 1. The minimum absolute atomic E-state index is 0.647. The Balaban J connectivity index is 2.20. The average molecular weight is 331 g/mol. The number of benzene rings is 2. The van der Waals surface area contributed by atoms with Gasteiger partial charge in [0.2, 0.25) is 0 Å². The zero-order valence-corrected chi connectivity index (χ0v) is 13.0. The summed E-state index contributed by atoms with van der Waals surface area (Å²) >= 11 is 3.46. The fraction of sp³-hybridized carbons (Fsp3) is 0.188. The van der Waals surface area contributed by atoms with E-state index < -0.39 is 0 Å². The van der Waals surface area contributed by atoms with E-state index in [1.807, 2.05) is 37.3 Å². The lowest BCUT2D eigenvalue weighted by molar-refractivity contribution is 0.416. The van der Waals surface area contributed by atoms with Gasteiger partial charge in [0.1, 0.15) is 5.75 Å². The molecular formula is C16H15BrN2O. The monoisotopic (exact) mass is 330 g/mol. The lowest BCUT2D eigenvalue weighted by Crippen LogP contribution is -2.03. The summed E-state index contributed by atoms with van der Waals surface area (Å²) in [6.45, 7) is 2.68. The summed E-state index contributed by atoms with van der Waals surface area (Å²) in [4.78, 5) is 0. The Kier molecular flexibility index (Phi) is 4.65. The van der Waals surface area contributed by atoms with Crippen LogP contribution in [-0.2, 0) is 6.54 Å². The predicted octanol–water partition coefficient (Wildman–Crippen LogP) is 4.25. The Morgan fingerprint density at radius 2 is 2.10 bits per heavy atom. The van der Waals surface area contributed by atoms with Gasteiger partial charge in [-0.1, -0.05) is 28.1 Å². The summed E-state index contributed by atoms with van der Waals surface area (Å²) in [5.41, 5.74) is 3.81. The van der Waals surface area contributed by atoms with Crippen molar-refractivity contribution in [2.24, 2.45) is 0 Å². The highest BCUT2D eigenvalue weighted by Crippen LogP contribution is 2.32. The molecule has 102 valence electrons. The van der Waals surface area contributed by atoms with E-state index in [1.165, 1.54) is 0 Å². The van der Waals surface area contributed by atoms with Crippen LogP contribution in [-0.4, -0.2) is 7.11 Å². The molecule has 0 bridgehead atoms. The Morgan fingerprint density at radius 1 is 1.30 bits per heavy atom. The lowest BCUT2D eigenvalue weighted by atomic mass is 10.1. The van der Waals surface area contributed by atoms with E-state index in [0.717, 1.165) is 27.0 Å². The molecule has 0 saturated carbocycles. The van der Waals surface area contributed by atoms with Gasteiger partial charge in [0.05, 0.1) is 24.4 Å². The molecule has 1 N–H and O–H groups in total. The third-order valence-corrected chi connectivity index (χ3v) is 3.47. The molecule has 0 aliphatic rings. The van der Waals surface area contributed by atoms with Crippen molar-refractivity contribution in [3.63, 3.8) is 0 Å². The van der Waals surface area contributed by atoms with Gasteiger partial charge in [-0.3, -0.25) is 0 Å². The van der Waals surface area contributed by atoms with Gasteiger partial charge in [0.25, 0.3) is 0 Å². The van der Waals surface area contributed by atoms with E-state index >= 15 is 0 Å². The van der Waals surface area contributed by atoms with Crippen LogP contribution in [0.4, 0.5) is 5.69 Å². The van der Waals surface area contributed by atoms with Gasteiger partial charge in [-0.15, -0.1) is 0 Å². The number of nitrogens with one attached hydrogen (secondary N) is 1. The lowest BCUT2D eigenvalue weighted by Gasteiger charge is -2.14. The molecule has 2 aromatic carbocycles. The van der Waals surface area contributed by atoms with Crippen LogP contribution in [0.25, 0.3) is 0 Å². The van der Waals surface area contributed by atoms with Crippen LogP contribution < -0.4 is 10.1 Å². The molecule has 0 saturated heterocycles. The minimum Gasteiger partial charge on any atom is -0.495 e. The molecule has 20 heavy (non-hydrogen) atoms. The van der Waals surface area contributed by atoms with Crippen molar-refractivity contribution in [1.29, 1.82) is 5.26 Å². The van der Waals surface area contributed by atoms with Crippen molar-refractivity contribution >= 4 is 21.6 Å². The minimum atomic E-state index is 0.647. The number of methoxy groups -OCH3 is 1. The van der Waals surface area contributed by atoms with E-state index in [9.17, 15) is 0 Å². The molecule has 0 heterocycles. The van der Waals surface area contributed by atoms with Crippen LogP contribution in [0.5, 0.6) is 5.75 Å². The average Bonchev–Trinajstić information content (AvgIpc) is 2.45. The van der Waals surface area contributed by atoms with Gasteiger partial charge < -0.3 is 10.1 Å². The van der Waals surface area contributed by atoms with E-state index in [1.54, 1.807) is 13.2 Å². The first kappa shape index (κ1) is 14.4. The van der Waals surface area contributed by atoms with E-state index in [-0.39, 0.29) is 0 Å². The molecule has 3 nitrogen and oxygen atoms in total. The van der Waals surface area contributed by atoms with Gasteiger partial charge in [0, 0.05) is 11.0 Å². The maximum absolute atomic E-state index is 8.91. The summed E-state index contributed by atoms with van der Waals surface area (Å²) in [5, 5.41) is 12.3. The Hall–Kier alpha value is -1.99. The van der Waals surface area contributed by atoms with Crippen molar-refractivity contribution in [1.82, 2.24) is 0 Å². The number of hydrogen-bond donors (Lipinski definition) is 1. The second kappa shape index (κ2) is 6.44. The predicted molar refractivity (Wildman–Crippen MR) is 83.9 cm³/mol. The second-order valence-corrected chi connectivity index (χ2v) is 5.38. The van der Waals surface area contributed by atoms with Gasteiger partial charge in [-0.25, -0.2) is 0 Å². The van der Waals surface area contributed by atoms with E-state index in [2.05, 4.69) is 27.3 Å². The number of nitriles is 1. The van der Waals surface area contributed by atoms with E-state index in [0.29, 0.717) is 12.1 Å². The number of hydrogen-bond acceptors (Lipinski definition) is 3. The van der Waals surface area contributed by atoms with Crippen LogP contribution in [0.15, 0.2) is 40.9 Å². The molecule has 0 aliphatic heterocycles. The number of nitrogens with zero attached hydrogens (tertiary/aromatic N) is 1. The van der Waals surface area contributed by atoms with Crippen molar-refractivity contribution in [2.75, 3.05) is 12.4 Å². The molecule has 0 radical (unpaired) electrons. The Bertz CT molecular complexity index is 662. The quantitative estimate of drug-likeness (QED) is 0.911. The van der Waals surface area contributed by atoms with Crippen LogP contribution in [0.2, 0.25) is 0 Å². The van der Waals surface area contributed by atoms with Gasteiger partial charge in [0.15, 0.2) is 0 Å². The summed E-state index contributed by atoms with van der Waals surface area (Å²) in [7, 11) is 1.66. The van der Waals surface area contributed by atoms with Crippen molar-refractivity contribution < 1.29 is 4.74 Å².